The normalized spacial score (nSPS) is 10.7. The average Bonchev–Trinajstić information content (AvgIpc) is 2.85. The molecule has 1 aromatic carbocycles. The Morgan fingerprint density at radius 3 is 2.95 bits per heavy atom. The number of amides is 1. The van der Waals surface area contributed by atoms with Crippen molar-refractivity contribution in [2.45, 2.75) is 11.3 Å². The predicted molar refractivity (Wildman–Crippen MR) is 78.8 cm³/mol. The summed E-state index contributed by atoms with van der Waals surface area (Å²) in [5.41, 5.74) is 2.36. The third-order valence-electron chi connectivity index (χ3n) is 3.18. The van der Waals surface area contributed by atoms with Gasteiger partial charge in [0.25, 0.3) is 0 Å². The third kappa shape index (κ3) is 3.04. The molecule has 0 aliphatic rings. The van der Waals surface area contributed by atoms with Crippen LogP contribution in [0.5, 0.6) is 0 Å². The lowest BCUT2D eigenvalue weighted by molar-refractivity contribution is 0.134. The van der Waals surface area contributed by atoms with Crippen LogP contribution in [0.25, 0.3) is 10.9 Å². The molecule has 0 bridgehead atoms. The Morgan fingerprint density at radius 1 is 1.47 bits per heavy atom. The van der Waals surface area contributed by atoms with Crippen LogP contribution in [0.3, 0.4) is 0 Å². The molecule has 1 amide bonds. The maximum Gasteiger partial charge on any atom is 0.409 e. The van der Waals surface area contributed by atoms with Crippen molar-refractivity contribution in [1.29, 1.82) is 0 Å². The van der Waals surface area contributed by atoms with Gasteiger partial charge in [-0.15, -0.1) is 11.8 Å². The highest BCUT2D eigenvalue weighted by molar-refractivity contribution is 7.98. The molecule has 1 heterocycles. The van der Waals surface area contributed by atoms with E-state index in [4.69, 9.17) is 0 Å². The lowest BCUT2D eigenvalue weighted by Crippen LogP contribution is -2.28. The molecule has 0 aliphatic carbocycles. The molecule has 0 saturated heterocycles. The zero-order valence-corrected chi connectivity index (χ0v) is 12.2. The van der Waals surface area contributed by atoms with Crippen LogP contribution in [0.15, 0.2) is 29.3 Å². The first-order valence-corrected chi connectivity index (χ1v) is 7.31. The van der Waals surface area contributed by atoms with E-state index in [1.54, 1.807) is 23.7 Å². The van der Waals surface area contributed by atoms with E-state index in [-0.39, 0.29) is 6.09 Å². The fourth-order valence-corrected chi connectivity index (χ4v) is 2.47. The van der Waals surface area contributed by atoms with Crippen molar-refractivity contribution in [1.82, 2.24) is 9.88 Å². The summed E-state index contributed by atoms with van der Waals surface area (Å²) < 4.78 is 4.68. The third-order valence-corrected chi connectivity index (χ3v) is 3.90. The minimum absolute atomic E-state index is 0.301. The first-order valence-electron chi connectivity index (χ1n) is 6.08. The Hall–Kier alpha value is -1.62. The summed E-state index contributed by atoms with van der Waals surface area (Å²) in [4.78, 5) is 17.4. The number of carbonyl (C=O) groups is 1. The summed E-state index contributed by atoms with van der Waals surface area (Å²) >= 11 is 1.73. The van der Waals surface area contributed by atoms with Crippen molar-refractivity contribution in [3.05, 3.63) is 30.0 Å². The lowest BCUT2D eigenvalue weighted by atomic mass is 10.1. The van der Waals surface area contributed by atoms with Gasteiger partial charge in [-0.3, -0.25) is 0 Å². The highest BCUT2D eigenvalue weighted by atomic mass is 32.2. The summed E-state index contributed by atoms with van der Waals surface area (Å²) in [5, 5.41) is 1.23. The second kappa shape index (κ2) is 6.02. The molecule has 0 atom stereocenters. The number of aromatic nitrogens is 1. The fraction of sp³-hybridized carbons (Fsp3) is 0.357. The maximum atomic E-state index is 11.3. The summed E-state index contributed by atoms with van der Waals surface area (Å²) in [6.07, 6.45) is 4.59. The molecule has 5 heteroatoms. The lowest BCUT2D eigenvalue weighted by Gasteiger charge is -2.14. The SMILES string of the molecule is COC(=O)N(C)CCc1c[nH]c2ccc(SC)cc12. The molecule has 2 aromatic rings. The molecule has 4 nitrogen and oxygen atoms in total. The van der Waals surface area contributed by atoms with Crippen molar-refractivity contribution in [2.75, 3.05) is 27.0 Å². The monoisotopic (exact) mass is 278 g/mol. The van der Waals surface area contributed by atoms with E-state index >= 15 is 0 Å². The number of rotatable bonds is 4. The minimum atomic E-state index is -0.301. The van der Waals surface area contributed by atoms with Crippen LogP contribution in [0, 0.1) is 0 Å². The van der Waals surface area contributed by atoms with Crippen LogP contribution in [0.1, 0.15) is 5.56 Å². The molecule has 0 fully saturated rings. The predicted octanol–water partition coefficient (Wildman–Crippen LogP) is 3.13. The summed E-state index contributed by atoms with van der Waals surface area (Å²) in [6.45, 7) is 0.642. The minimum Gasteiger partial charge on any atom is -0.453 e. The van der Waals surface area contributed by atoms with Crippen LogP contribution in [-0.4, -0.2) is 42.9 Å². The number of methoxy groups -OCH3 is 1. The molecule has 19 heavy (non-hydrogen) atoms. The number of H-pyrrole nitrogens is 1. The fourth-order valence-electron chi connectivity index (χ4n) is 2.03. The van der Waals surface area contributed by atoms with Gasteiger partial charge >= 0.3 is 6.09 Å². The first-order chi connectivity index (χ1) is 9.15. The molecule has 102 valence electrons. The van der Waals surface area contributed by atoms with E-state index in [0.29, 0.717) is 6.54 Å². The van der Waals surface area contributed by atoms with Crippen LogP contribution < -0.4 is 0 Å². The number of thioether (sulfide) groups is 1. The zero-order valence-electron chi connectivity index (χ0n) is 11.4. The molecule has 1 N–H and O–H groups in total. The van der Waals surface area contributed by atoms with Crippen LogP contribution in [-0.2, 0) is 11.2 Å². The number of ether oxygens (including phenoxy) is 1. The molecule has 0 saturated carbocycles. The van der Waals surface area contributed by atoms with Crippen molar-refractivity contribution in [2.24, 2.45) is 0 Å². The smallest absolute Gasteiger partial charge is 0.409 e. The number of carbonyl (C=O) groups excluding carboxylic acids is 1. The van der Waals surface area contributed by atoms with Crippen LogP contribution in [0.2, 0.25) is 0 Å². The quantitative estimate of drug-likeness (QED) is 0.874. The second-order valence-corrected chi connectivity index (χ2v) is 5.25. The highest BCUT2D eigenvalue weighted by Crippen LogP contribution is 2.24. The zero-order chi connectivity index (χ0) is 13.8. The molecule has 0 aliphatic heterocycles. The van der Waals surface area contributed by atoms with Gasteiger partial charge in [0.1, 0.15) is 0 Å². The number of nitrogens with one attached hydrogen (secondary N) is 1. The molecule has 0 unspecified atom stereocenters. The van der Waals surface area contributed by atoms with E-state index in [2.05, 4.69) is 34.2 Å². The van der Waals surface area contributed by atoms with E-state index < -0.39 is 0 Å². The van der Waals surface area contributed by atoms with Crippen molar-refractivity contribution in [3.63, 3.8) is 0 Å². The van der Waals surface area contributed by atoms with Gasteiger partial charge < -0.3 is 14.6 Å². The Kier molecular flexibility index (Phi) is 4.37. The standard InChI is InChI=1S/C14H18N2O2S/c1-16(14(17)18-2)7-6-10-9-15-13-5-4-11(19-3)8-12(10)13/h4-5,8-9,15H,6-7H2,1-3H3. The van der Waals surface area contributed by atoms with Crippen LogP contribution >= 0.6 is 11.8 Å². The summed E-state index contributed by atoms with van der Waals surface area (Å²) in [6, 6.07) is 6.38. The number of hydrogen-bond acceptors (Lipinski definition) is 3. The molecular formula is C14H18N2O2S. The van der Waals surface area contributed by atoms with Crippen molar-refractivity contribution >= 4 is 28.8 Å². The van der Waals surface area contributed by atoms with Crippen molar-refractivity contribution < 1.29 is 9.53 Å². The van der Waals surface area contributed by atoms with Gasteiger partial charge in [-0.1, -0.05) is 0 Å². The first kappa shape index (κ1) is 13.8. The number of fused-ring (bicyclic) bond motifs is 1. The molecule has 1 aromatic heterocycles. The topological polar surface area (TPSA) is 45.3 Å². The molecule has 2 rings (SSSR count). The van der Waals surface area contributed by atoms with Gasteiger partial charge in [0.2, 0.25) is 0 Å². The number of nitrogens with zero attached hydrogens (tertiary/aromatic N) is 1. The highest BCUT2D eigenvalue weighted by Gasteiger charge is 2.10. The maximum absolute atomic E-state index is 11.3. The Morgan fingerprint density at radius 2 is 2.26 bits per heavy atom. The Labute approximate surface area is 117 Å². The van der Waals surface area contributed by atoms with E-state index in [0.717, 1.165) is 11.9 Å². The van der Waals surface area contributed by atoms with Gasteiger partial charge in [0, 0.05) is 35.6 Å². The van der Waals surface area contributed by atoms with Gasteiger partial charge in [0.15, 0.2) is 0 Å². The van der Waals surface area contributed by atoms with Crippen molar-refractivity contribution in [3.8, 4) is 0 Å². The van der Waals surface area contributed by atoms with Gasteiger partial charge in [-0.2, -0.15) is 0 Å². The average molecular weight is 278 g/mol. The number of aromatic amines is 1. The van der Waals surface area contributed by atoms with E-state index in [1.807, 2.05) is 6.20 Å². The molecule has 0 spiro atoms. The number of likely N-dealkylation sites (N-methyl/N-ethyl adjacent to an activating group) is 1. The van der Waals surface area contributed by atoms with E-state index in [1.165, 1.54) is 23.0 Å². The summed E-state index contributed by atoms with van der Waals surface area (Å²) in [5.74, 6) is 0. The molecule has 0 radical (unpaired) electrons. The number of hydrogen-bond donors (Lipinski definition) is 1. The van der Waals surface area contributed by atoms with Gasteiger partial charge in [0.05, 0.1) is 7.11 Å². The van der Waals surface area contributed by atoms with Gasteiger partial charge in [-0.25, -0.2) is 4.79 Å². The van der Waals surface area contributed by atoms with E-state index in [9.17, 15) is 4.79 Å². The summed E-state index contributed by atoms with van der Waals surface area (Å²) in [7, 11) is 3.14. The largest absolute Gasteiger partial charge is 0.453 e. The Balaban J connectivity index is 2.14. The van der Waals surface area contributed by atoms with Crippen LogP contribution in [0.4, 0.5) is 4.79 Å². The Bertz CT molecular complexity index is 580. The number of benzene rings is 1. The molecular weight excluding hydrogens is 260 g/mol. The van der Waals surface area contributed by atoms with Gasteiger partial charge in [-0.05, 0) is 36.4 Å². The second-order valence-electron chi connectivity index (χ2n) is 4.37.